The standard InChI is InChI=1S/C36H72N2O5.ClH/c1-3-5-7-9-11-13-15-16-17-18-19-20-22-24-26-28-32(39)38(29-27-25-23-21-14-12-10-8-6-4-2)36-35(42)34(41)33(40)31(30-37)43-36;/h31,33-36,40-42H,3-30,37H2,1-2H3;1H/t31-,33+,34+,35-,36-;/m1./s1. The van der Waals surface area contributed by atoms with Crippen LogP contribution in [-0.4, -0.2) is 69.9 Å². The van der Waals surface area contributed by atoms with Crippen LogP contribution in [0.25, 0.3) is 0 Å². The first-order valence-electron chi connectivity index (χ1n) is 18.7. The molecule has 1 amide bonds. The number of halogens is 1. The highest BCUT2D eigenvalue weighted by atomic mass is 35.5. The van der Waals surface area contributed by atoms with Crippen molar-refractivity contribution in [3.8, 4) is 0 Å². The molecule has 7 nitrogen and oxygen atoms in total. The maximum absolute atomic E-state index is 13.4. The number of aliphatic hydroxyl groups excluding tert-OH is 3. The van der Waals surface area contributed by atoms with Gasteiger partial charge in [-0.2, -0.15) is 0 Å². The summed E-state index contributed by atoms with van der Waals surface area (Å²) in [4.78, 5) is 15.0. The number of unbranched alkanes of at least 4 members (excludes halogenated alkanes) is 23. The highest BCUT2D eigenvalue weighted by Crippen LogP contribution is 2.25. The zero-order valence-electron chi connectivity index (χ0n) is 28.8. The van der Waals surface area contributed by atoms with Crippen molar-refractivity contribution in [2.24, 2.45) is 5.73 Å². The van der Waals surface area contributed by atoms with Crippen molar-refractivity contribution in [1.82, 2.24) is 4.90 Å². The van der Waals surface area contributed by atoms with Crippen molar-refractivity contribution in [1.29, 1.82) is 0 Å². The number of hydrogen-bond donors (Lipinski definition) is 4. The third-order valence-electron chi connectivity index (χ3n) is 9.29. The fourth-order valence-electron chi connectivity index (χ4n) is 6.34. The minimum Gasteiger partial charge on any atom is -0.388 e. The molecule has 264 valence electrons. The quantitative estimate of drug-likeness (QED) is 0.0608. The van der Waals surface area contributed by atoms with Crippen LogP contribution in [0.4, 0.5) is 0 Å². The average molecular weight is 649 g/mol. The zero-order valence-corrected chi connectivity index (χ0v) is 29.6. The van der Waals surface area contributed by atoms with Gasteiger partial charge in [-0.3, -0.25) is 4.79 Å². The second-order valence-corrected chi connectivity index (χ2v) is 13.2. The summed E-state index contributed by atoms with van der Waals surface area (Å²) >= 11 is 0. The Morgan fingerprint density at radius 1 is 0.568 bits per heavy atom. The molecule has 1 heterocycles. The predicted molar refractivity (Wildman–Crippen MR) is 186 cm³/mol. The molecule has 0 aliphatic carbocycles. The number of amides is 1. The lowest BCUT2D eigenvalue weighted by atomic mass is 9.97. The summed E-state index contributed by atoms with van der Waals surface area (Å²) in [6.45, 7) is 5.01. The molecule has 1 aliphatic heterocycles. The lowest BCUT2D eigenvalue weighted by molar-refractivity contribution is -0.254. The molecule has 44 heavy (non-hydrogen) atoms. The van der Waals surface area contributed by atoms with Gasteiger partial charge in [0.1, 0.15) is 24.4 Å². The molecular weight excluding hydrogens is 576 g/mol. The molecule has 5 atom stereocenters. The first kappa shape index (κ1) is 43.6. The molecule has 5 N–H and O–H groups in total. The van der Waals surface area contributed by atoms with E-state index in [1.807, 2.05) is 0 Å². The number of rotatable bonds is 29. The van der Waals surface area contributed by atoms with Crippen LogP contribution >= 0.6 is 12.4 Å². The van der Waals surface area contributed by atoms with Crippen LogP contribution in [-0.2, 0) is 9.53 Å². The third kappa shape index (κ3) is 19.9. The number of ether oxygens (including phenoxy) is 1. The first-order chi connectivity index (χ1) is 21.0. The minimum atomic E-state index is -1.39. The number of carbonyl (C=O) groups excluding carboxylic acids is 1. The summed E-state index contributed by atoms with van der Waals surface area (Å²) in [7, 11) is 0. The van der Waals surface area contributed by atoms with Gasteiger partial charge in [0.25, 0.3) is 0 Å². The van der Waals surface area contributed by atoms with E-state index in [0.717, 1.165) is 38.5 Å². The van der Waals surface area contributed by atoms with E-state index in [1.165, 1.54) is 122 Å². The van der Waals surface area contributed by atoms with Gasteiger partial charge in [0.05, 0.1) is 0 Å². The molecule has 1 saturated heterocycles. The fourth-order valence-corrected chi connectivity index (χ4v) is 6.34. The maximum atomic E-state index is 13.4. The lowest BCUT2D eigenvalue weighted by Gasteiger charge is -2.45. The monoisotopic (exact) mass is 649 g/mol. The van der Waals surface area contributed by atoms with Crippen LogP contribution in [0.1, 0.15) is 181 Å². The van der Waals surface area contributed by atoms with Gasteiger partial charge in [0, 0.05) is 19.5 Å². The Balaban J connectivity index is 0.0000185. The Hall–Kier alpha value is -0.440. The molecule has 8 heteroatoms. The van der Waals surface area contributed by atoms with Crippen molar-refractivity contribution in [3.63, 3.8) is 0 Å². The smallest absolute Gasteiger partial charge is 0.224 e. The van der Waals surface area contributed by atoms with E-state index in [2.05, 4.69) is 13.8 Å². The Kier molecular flexibility index (Phi) is 29.6. The van der Waals surface area contributed by atoms with Crippen LogP contribution in [0.3, 0.4) is 0 Å². The van der Waals surface area contributed by atoms with Crippen LogP contribution in [0.5, 0.6) is 0 Å². The number of nitrogens with two attached hydrogens (primary N) is 1. The Labute approximate surface area is 277 Å². The van der Waals surface area contributed by atoms with Crippen LogP contribution in [0, 0.1) is 0 Å². The molecule has 1 fully saturated rings. The summed E-state index contributed by atoms with van der Waals surface area (Å²) in [6, 6.07) is 0. The van der Waals surface area contributed by atoms with E-state index in [9.17, 15) is 20.1 Å². The Bertz CT molecular complexity index is 642. The van der Waals surface area contributed by atoms with E-state index >= 15 is 0 Å². The Morgan fingerprint density at radius 3 is 1.32 bits per heavy atom. The number of carbonyl (C=O) groups is 1. The molecule has 0 bridgehead atoms. The van der Waals surface area contributed by atoms with Gasteiger partial charge in [-0.05, 0) is 12.8 Å². The highest BCUT2D eigenvalue weighted by molar-refractivity contribution is 5.85. The van der Waals surface area contributed by atoms with Gasteiger partial charge in [-0.1, -0.05) is 162 Å². The normalized spacial score (nSPS) is 21.7. The topological polar surface area (TPSA) is 116 Å². The molecule has 0 unspecified atom stereocenters. The van der Waals surface area contributed by atoms with Gasteiger partial charge in [-0.25, -0.2) is 0 Å². The molecule has 0 aromatic heterocycles. The Morgan fingerprint density at radius 2 is 0.932 bits per heavy atom. The summed E-state index contributed by atoms with van der Waals surface area (Å²) in [6.07, 6.45) is 25.8. The molecule has 0 aromatic rings. The van der Waals surface area contributed by atoms with Crippen molar-refractivity contribution in [3.05, 3.63) is 0 Å². The molecule has 0 saturated carbocycles. The highest BCUT2D eigenvalue weighted by Gasteiger charge is 2.46. The SMILES string of the molecule is CCCCCCCCCCCCCCCCCC(=O)N(CCCCCCCCCCCC)[C@@H]1O[C@H](CN)[C@H](O)[C@H](O)[C@H]1O.Cl. The van der Waals surface area contributed by atoms with E-state index in [1.54, 1.807) is 4.90 Å². The minimum absolute atomic E-state index is 0. The summed E-state index contributed by atoms with van der Waals surface area (Å²) in [5.41, 5.74) is 5.76. The third-order valence-corrected chi connectivity index (χ3v) is 9.29. The second-order valence-electron chi connectivity index (χ2n) is 13.2. The number of nitrogens with zero attached hydrogens (tertiary/aromatic N) is 1. The fraction of sp³-hybridized carbons (Fsp3) is 0.972. The van der Waals surface area contributed by atoms with Crippen LogP contribution in [0.2, 0.25) is 0 Å². The van der Waals surface area contributed by atoms with Crippen LogP contribution < -0.4 is 5.73 Å². The zero-order chi connectivity index (χ0) is 31.5. The van der Waals surface area contributed by atoms with Crippen molar-refractivity contribution in [2.45, 2.75) is 211 Å². The molecule has 0 radical (unpaired) electrons. The van der Waals surface area contributed by atoms with Crippen molar-refractivity contribution in [2.75, 3.05) is 13.1 Å². The largest absolute Gasteiger partial charge is 0.388 e. The summed E-state index contributed by atoms with van der Waals surface area (Å²) in [5, 5.41) is 31.4. The average Bonchev–Trinajstić information content (AvgIpc) is 3.01. The van der Waals surface area contributed by atoms with Crippen LogP contribution in [0.15, 0.2) is 0 Å². The second kappa shape index (κ2) is 29.9. The van der Waals surface area contributed by atoms with Gasteiger partial charge >= 0.3 is 0 Å². The molecule has 1 aliphatic rings. The van der Waals surface area contributed by atoms with E-state index in [4.69, 9.17) is 10.5 Å². The molecule has 1 rings (SSSR count). The number of hydrogen-bond acceptors (Lipinski definition) is 6. The molecular formula is C36H73ClN2O5. The predicted octanol–water partition coefficient (Wildman–Crippen LogP) is 8.19. The summed E-state index contributed by atoms with van der Waals surface area (Å²) in [5.74, 6) is -0.0472. The lowest BCUT2D eigenvalue weighted by Crippen LogP contribution is -2.64. The molecule has 0 spiro atoms. The van der Waals surface area contributed by atoms with E-state index in [0.29, 0.717) is 13.0 Å². The van der Waals surface area contributed by atoms with E-state index in [-0.39, 0.29) is 24.9 Å². The van der Waals surface area contributed by atoms with Crippen molar-refractivity contribution < 1.29 is 24.9 Å². The van der Waals surface area contributed by atoms with Crippen molar-refractivity contribution >= 4 is 18.3 Å². The van der Waals surface area contributed by atoms with Gasteiger partial charge < -0.3 is 30.7 Å². The number of aliphatic hydroxyl groups is 3. The van der Waals surface area contributed by atoms with Gasteiger partial charge in [-0.15, -0.1) is 12.4 Å². The first-order valence-corrected chi connectivity index (χ1v) is 18.7. The summed E-state index contributed by atoms with van der Waals surface area (Å²) < 4.78 is 5.90. The van der Waals surface area contributed by atoms with Gasteiger partial charge in [0.15, 0.2) is 6.23 Å². The molecule has 0 aromatic carbocycles. The van der Waals surface area contributed by atoms with E-state index < -0.39 is 30.6 Å². The maximum Gasteiger partial charge on any atom is 0.224 e. The van der Waals surface area contributed by atoms with Gasteiger partial charge in [0.2, 0.25) is 5.91 Å².